The first-order valence-corrected chi connectivity index (χ1v) is 11.6. The normalized spacial score (nSPS) is 11.8. The number of aromatic nitrogens is 2. The number of aromatic amines is 1. The first-order chi connectivity index (χ1) is 16.7. The number of rotatable bonds is 6. The smallest absolute Gasteiger partial charge is 0.0541 e. The van der Waals surface area contributed by atoms with Crippen molar-refractivity contribution in [3.8, 4) is 16.8 Å². The van der Waals surface area contributed by atoms with Gasteiger partial charge in [-0.2, -0.15) is 0 Å². The average Bonchev–Trinajstić information content (AvgIpc) is 3.38. The van der Waals surface area contributed by atoms with E-state index in [1.54, 1.807) is 0 Å². The van der Waals surface area contributed by atoms with E-state index in [0.717, 1.165) is 28.2 Å². The second-order valence-electron chi connectivity index (χ2n) is 8.32. The molecular formula is C32H28N2. The largest absolute Gasteiger partial charge is 0.355 e. The highest BCUT2D eigenvalue weighted by atomic mass is 15.0. The van der Waals surface area contributed by atoms with Crippen molar-refractivity contribution in [2.45, 2.75) is 13.8 Å². The monoisotopic (exact) mass is 440 g/mol. The fraction of sp³-hybridized carbons (Fsp3) is 0.0625. The summed E-state index contributed by atoms with van der Waals surface area (Å²) in [6.45, 7) is 12.3. The van der Waals surface area contributed by atoms with Crippen LogP contribution in [0.15, 0.2) is 92.0 Å². The van der Waals surface area contributed by atoms with Crippen molar-refractivity contribution in [3.63, 3.8) is 0 Å². The molecule has 5 rings (SSSR count). The van der Waals surface area contributed by atoms with Gasteiger partial charge in [-0.1, -0.05) is 67.8 Å². The molecule has 0 radical (unpaired) electrons. The summed E-state index contributed by atoms with van der Waals surface area (Å²) >= 11 is 0. The predicted molar refractivity (Wildman–Crippen MR) is 150 cm³/mol. The number of hydrogen-bond donors (Lipinski definition) is 1. The minimum atomic E-state index is 1.09. The van der Waals surface area contributed by atoms with Crippen molar-refractivity contribution in [1.29, 1.82) is 0 Å². The van der Waals surface area contributed by atoms with Crippen molar-refractivity contribution < 1.29 is 0 Å². The van der Waals surface area contributed by atoms with Gasteiger partial charge < -0.3 is 9.55 Å². The van der Waals surface area contributed by atoms with E-state index in [0.29, 0.717) is 0 Å². The minimum absolute atomic E-state index is 1.09. The van der Waals surface area contributed by atoms with Gasteiger partial charge in [-0.15, -0.1) is 0 Å². The van der Waals surface area contributed by atoms with Crippen LogP contribution < -0.4 is 0 Å². The van der Waals surface area contributed by atoms with Gasteiger partial charge in [-0.05, 0) is 73.5 Å². The van der Waals surface area contributed by atoms with Crippen molar-refractivity contribution in [2.75, 3.05) is 0 Å². The summed E-state index contributed by atoms with van der Waals surface area (Å²) in [5.74, 6) is 0. The van der Waals surface area contributed by atoms with E-state index in [4.69, 9.17) is 0 Å². The summed E-state index contributed by atoms with van der Waals surface area (Å²) in [4.78, 5) is 3.51. The van der Waals surface area contributed by atoms with E-state index in [1.807, 2.05) is 31.2 Å². The zero-order valence-corrected chi connectivity index (χ0v) is 19.7. The second kappa shape index (κ2) is 8.92. The average molecular weight is 441 g/mol. The van der Waals surface area contributed by atoms with Crippen LogP contribution in [-0.4, -0.2) is 9.55 Å². The summed E-state index contributed by atoms with van der Waals surface area (Å²) in [7, 11) is 0. The van der Waals surface area contributed by atoms with E-state index in [2.05, 4.69) is 109 Å². The van der Waals surface area contributed by atoms with Gasteiger partial charge in [0.15, 0.2) is 0 Å². The number of para-hydroxylation sites is 1. The molecule has 0 aliphatic carbocycles. The zero-order valence-electron chi connectivity index (χ0n) is 19.7. The predicted octanol–water partition coefficient (Wildman–Crippen LogP) is 9.13. The number of hydrogen-bond acceptors (Lipinski definition) is 0. The van der Waals surface area contributed by atoms with Gasteiger partial charge in [0.05, 0.1) is 11.2 Å². The first kappa shape index (κ1) is 21.5. The van der Waals surface area contributed by atoms with E-state index < -0.39 is 0 Å². The summed E-state index contributed by atoms with van der Waals surface area (Å²) < 4.78 is 2.29. The maximum absolute atomic E-state index is 4.13. The standard InChI is InChI=1S/C32H28N2/c1-5-12-26-28-21-23(17-19-32(28)34(31(26)8-4)24-14-10-9-11-15-24)22-16-18-30-27(20-22)25(7-3)29(33-30)13-6-2/h5-21,33H,3-4H2,1-2H3/b12-5-,13-6-. The fourth-order valence-electron chi connectivity index (χ4n) is 4.84. The van der Waals surface area contributed by atoms with E-state index in [9.17, 15) is 0 Å². The molecule has 166 valence electrons. The number of fused-ring (bicyclic) bond motifs is 2. The van der Waals surface area contributed by atoms with Gasteiger partial charge in [-0.25, -0.2) is 0 Å². The lowest BCUT2D eigenvalue weighted by Crippen LogP contribution is -1.96. The molecule has 0 bridgehead atoms. The van der Waals surface area contributed by atoms with E-state index in [1.165, 1.54) is 33.0 Å². The first-order valence-electron chi connectivity index (χ1n) is 11.6. The molecule has 0 amide bonds. The summed E-state index contributed by atoms with van der Waals surface area (Å²) in [5.41, 5.74) is 10.3. The Balaban J connectivity index is 1.75. The summed E-state index contributed by atoms with van der Waals surface area (Å²) in [6.07, 6.45) is 12.3. The molecule has 1 N–H and O–H groups in total. The molecule has 0 aliphatic heterocycles. The van der Waals surface area contributed by atoms with Crippen LogP contribution >= 0.6 is 0 Å². The van der Waals surface area contributed by atoms with Crippen LogP contribution in [0.1, 0.15) is 36.4 Å². The molecule has 0 fully saturated rings. The highest BCUT2D eigenvalue weighted by Gasteiger charge is 2.16. The topological polar surface area (TPSA) is 20.7 Å². The number of H-pyrrole nitrogens is 1. The Morgan fingerprint density at radius 2 is 1.44 bits per heavy atom. The molecule has 34 heavy (non-hydrogen) atoms. The quantitative estimate of drug-likeness (QED) is 0.272. The molecule has 3 aromatic carbocycles. The van der Waals surface area contributed by atoms with Crippen molar-refractivity contribution in [2.24, 2.45) is 0 Å². The van der Waals surface area contributed by atoms with Crippen LogP contribution in [0, 0.1) is 0 Å². The fourth-order valence-corrected chi connectivity index (χ4v) is 4.84. The van der Waals surface area contributed by atoms with Crippen LogP contribution in [0.25, 0.3) is 62.9 Å². The molecule has 2 heterocycles. The molecule has 0 atom stereocenters. The molecule has 2 nitrogen and oxygen atoms in total. The van der Waals surface area contributed by atoms with Crippen LogP contribution in [-0.2, 0) is 0 Å². The second-order valence-corrected chi connectivity index (χ2v) is 8.32. The van der Waals surface area contributed by atoms with Crippen LogP contribution in [0.5, 0.6) is 0 Å². The Hall–Kier alpha value is -4.30. The third kappa shape index (κ3) is 3.45. The van der Waals surface area contributed by atoms with Crippen LogP contribution in [0.2, 0.25) is 0 Å². The summed E-state index contributed by atoms with van der Waals surface area (Å²) in [5, 5.41) is 2.39. The molecule has 0 unspecified atom stereocenters. The van der Waals surface area contributed by atoms with Gasteiger partial charge in [0.1, 0.15) is 0 Å². The SMILES string of the molecule is C=Cc1c(/C=C\C)[nH]c2ccc(-c3ccc4c(c3)c(/C=C\C)c(C=C)n4-c3ccccc3)cc12. The van der Waals surface area contributed by atoms with Gasteiger partial charge >= 0.3 is 0 Å². The Morgan fingerprint density at radius 3 is 2.12 bits per heavy atom. The molecule has 2 heteroatoms. The lowest BCUT2D eigenvalue weighted by atomic mass is 9.99. The Bertz CT molecular complexity index is 1590. The molecule has 0 spiro atoms. The summed E-state index contributed by atoms with van der Waals surface area (Å²) in [6, 6.07) is 23.8. The Morgan fingerprint density at radius 1 is 0.735 bits per heavy atom. The lowest BCUT2D eigenvalue weighted by Gasteiger charge is -2.09. The maximum Gasteiger partial charge on any atom is 0.0541 e. The van der Waals surface area contributed by atoms with Gasteiger partial charge in [0.25, 0.3) is 0 Å². The van der Waals surface area contributed by atoms with Crippen LogP contribution in [0.3, 0.4) is 0 Å². The number of benzene rings is 3. The molecule has 5 aromatic rings. The van der Waals surface area contributed by atoms with Gasteiger partial charge in [0.2, 0.25) is 0 Å². The highest BCUT2D eigenvalue weighted by Crippen LogP contribution is 2.36. The lowest BCUT2D eigenvalue weighted by molar-refractivity contribution is 1.11. The van der Waals surface area contributed by atoms with Gasteiger partial charge in [0, 0.05) is 38.8 Å². The third-order valence-electron chi connectivity index (χ3n) is 6.33. The highest BCUT2D eigenvalue weighted by molar-refractivity contribution is 6.00. The zero-order chi connectivity index (χ0) is 23.7. The number of nitrogens with one attached hydrogen (secondary N) is 1. The van der Waals surface area contributed by atoms with Crippen molar-refractivity contribution in [3.05, 3.63) is 115 Å². The van der Waals surface area contributed by atoms with E-state index in [-0.39, 0.29) is 0 Å². The minimum Gasteiger partial charge on any atom is -0.355 e. The Labute approximate surface area is 200 Å². The maximum atomic E-state index is 4.13. The molecule has 2 aromatic heterocycles. The molecule has 0 saturated carbocycles. The van der Waals surface area contributed by atoms with Crippen molar-refractivity contribution in [1.82, 2.24) is 9.55 Å². The molecular weight excluding hydrogens is 412 g/mol. The third-order valence-corrected chi connectivity index (χ3v) is 6.33. The molecule has 0 aliphatic rings. The number of nitrogens with zero attached hydrogens (tertiary/aromatic N) is 1. The van der Waals surface area contributed by atoms with Crippen molar-refractivity contribution >= 4 is 46.1 Å². The molecule has 0 saturated heterocycles. The van der Waals surface area contributed by atoms with E-state index >= 15 is 0 Å². The van der Waals surface area contributed by atoms with Gasteiger partial charge in [-0.3, -0.25) is 0 Å². The Kier molecular flexibility index (Phi) is 5.65. The number of allylic oxidation sites excluding steroid dienone is 2. The van der Waals surface area contributed by atoms with Crippen LogP contribution in [0.4, 0.5) is 0 Å².